The molecule has 1 aromatic heterocycles. The van der Waals surface area contributed by atoms with Gasteiger partial charge in [0.2, 0.25) is 11.8 Å². The van der Waals surface area contributed by atoms with Crippen LogP contribution < -0.4 is 10.6 Å². The molecule has 32 heavy (non-hydrogen) atoms. The van der Waals surface area contributed by atoms with E-state index in [4.69, 9.17) is 0 Å². The Bertz CT molecular complexity index is 1060. The van der Waals surface area contributed by atoms with Crippen molar-refractivity contribution in [2.45, 2.75) is 57.1 Å². The van der Waals surface area contributed by atoms with Gasteiger partial charge in [0, 0.05) is 27.4 Å². The fourth-order valence-electron chi connectivity index (χ4n) is 3.07. The van der Waals surface area contributed by atoms with Crippen LogP contribution in [0.15, 0.2) is 53.4 Å². The third-order valence-electron chi connectivity index (χ3n) is 4.93. The van der Waals surface area contributed by atoms with Crippen LogP contribution in [0.2, 0.25) is 0 Å². The standard InChI is InChI=1S/C25H29N3O2S2/c1-5-6-7-22(29)26-20-12-14-21(15-13-20)31-18(4)24(30)28-25-27-23(17(3)32-25)19-10-8-16(2)9-11-19/h8-15,18H,5-7H2,1-4H3,(H,26,29)(H,27,28,30). The largest absolute Gasteiger partial charge is 0.326 e. The van der Waals surface area contributed by atoms with Gasteiger partial charge in [0.1, 0.15) is 0 Å². The average Bonchev–Trinajstić information content (AvgIpc) is 3.14. The number of unbranched alkanes of at least 4 members (excludes halogenated alkanes) is 1. The van der Waals surface area contributed by atoms with Gasteiger partial charge in [0.05, 0.1) is 10.9 Å². The number of rotatable bonds is 9. The van der Waals surface area contributed by atoms with Crippen LogP contribution in [-0.2, 0) is 9.59 Å². The second-order valence-corrected chi connectivity index (χ2v) is 10.3. The van der Waals surface area contributed by atoms with Gasteiger partial charge in [-0.15, -0.1) is 23.1 Å². The van der Waals surface area contributed by atoms with Crippen LogP contribution in [0.4, 0.5) is 10.8 Å². The number of nitrogens with zero attached hydrogens (tertiary/aromatic N) is 1. The monoisotopic (exact) mass is 467 g/mol. The molecule has 7 heteroatoms. The molecule has 3 rings (SSSR count). The Kier molecular flexibility index (Phi) is 8.47. The van der Waals surface area contributed by atoms with E-state index < -0.39 is 0 Å². The Labute approximate surface area is 198 Å². The molecule has 5 nitrogen and oxygen atoms in total. The zero-order chi connectivity index (χ0) is 23.1. The summed E-state index contributed by atoms with van der Waals surface area (Å²) in [6.07, 6.45) is 2.42. The van der Waals surface area contributed by atoms with Crippen molar-refractivity contribution in [1.29, 1.82) is 0 Å². The molecule has 0 bridgehead atoms. The van der Waals surface area contributed by atoms with Crippen molar-refractivity contribution < 1.29 is 9.59 Å². The quantitative estimate of drug-likeness (QED) is 0.345. The van der Waals surface area contributed by atoms with Gasteiger partial charge in [-0.1, -0.05) is 43.2 Å². The number of hydrogen-bond acceptors (Lipinski definition) is 5. The van der Waals surface area contributed by atoms with Gasteiger partial charge in [-0.2, -0.15) is 0 Å². The first-order valence-corrected chi connectivity index (χ1v) is 12.5. The summed E-state index contributed by atoms with van der Waals surface area (Å²) >= 11 is 2.96. The summed E-state index contributed by atoms with van der Waals surface area (Å²) in [5.74, 6) is -0.0557. The molecule has 0 saturated heterocycles. The summed E-state index contributed by atoms with van der Waals surface area (Å²) in [6, 6.07) is 15.8. The third-order valence-corrected chi connectivity index (χ3v) is 6.93. The van der Waals surface area contributed by atoms with Gasteiger partial charge >= 0.3 is 0 Å². The predicted molar refractivity (Wildman–Crippen MR) is 136 cm³/mol. The maximum atomic E-state index is 12.7. The molecule has 0 saturated carbocycles. The lowest BCUT2D eigenvalue weighted by Gasteiger charge is -2.11. The Morgan fingerprint density at radius 2 is 1.72 bits per heavy atom. The zero-order valence-electron chi connectivity index (χ0n) is 18.9. The number of carbonyl (C=O) groups excluding carboxylic acids is 2. The van der Waals surface area contributed by atoms with Crippen LogP contribution in [0.5, 0.6) is 0 Å². The van der Waals surface area contributed by atoms with Gasteiger partial charge in [0.25, 0.3) is 0 Å². The number of aromatic nitrogens is 1. The second-order valence-electron chi connectivity index (χ2n) is 7.72. The minimum absolute atomic E-state index is 0.0312. The Morgan fingerprint density at radius 3 is 2.38 bits per heavy atom. The summed E-state index contributed by atoms with van der Waals surface area (Å²) in [4.78, 5) is 31.2. The highest BCUT2D eigenvalue weighted by atomic mass is 32.2. The normalized spacial score (nSPS) is 11.8. The van der Waals surface area contributed by atoms with E-state index in [0.717, 1.165) is 39.6 Å². The van der Waals surface area contributed by atoms with Crippen LogP contribution in [0.3, 0.4) is 0 Å². The molecular formula is C25H29N3O2S2. The molecule has 1 unspecified atom stereocenters. The van der Waals surface area contributed by atoms with E-state index in [2.05, 4.69) is 53.7 Å². The first-order valence-electron chi connectivity index (χ1n) is 10.8. The Balaban J connectivity index is 1.56. The first kappa shape index (κ1) is 24.0. The van der Waals surface area contributed by atoms with Gasteiger partial charge < -0.3 is 10.6 Å². The van der Waals surface area contributed by atoms with Crippen LogP contribution in [0.25, 0.3) is 11.3 Å². The van der Waals surface area contributed by atoms with Crippen molar-refractivity contribution in [2.24, 2.45) is 0 Å². The minimum atomic E-state index is -0.285. The van der Waals surface area contributed by atoms with Crippen molar-refractivity contribution in [3.63, 3.8) is 0 Å². The number of aryl methyl sites for hydroxylation is 2. The highest BCUT2D eigenvalue weighted by molar-refractivity contribution is 8.00. The van der Waals surface area contributed by atoms with E-state index >= 15 is 0 Å². The molecule has 0 aliphatic heterocycles. The molecule has 0 radical (unpaired) electrons. The van der Waals surface area contributed by atoms with Gasteiger partial charge in [-0.3, -0.25) is 9.59 Å². The van der Waals surface area contributed by atoms with E-state index in [-0.39, 0.29) is 17.1 Å². The van der Waals surface area contributed by atoms with Crippen molar-refractivity contribution in [2.75, 3.05) is 10.6 Å². The lowest BCUT2D eigenvalue weighted by Crippen LogP contribution is -2.22. The summed E-state index contributed by atoms with van der Waals surface area (Å²) < 4.78 is 0. The third kappa shape index (κ3) is 6.68. The molecule has 3 aromatic rings. The summed E-state index contributed by atoms with van der Waals surface area (Å²) in [5.41, 5.74) is 3.93. The van der Waals surface area contributed by atoms with Gasteiger partial charge in [0.15, 0.2) is 5.13 Å². The lowest BCUT2D eigenvalue weighted by molar-refractivity contribution is -0.116. The van der Waals surface area contributed by atoms with Crippen LogP contribution >= 0.6 is 23.1 Å². The fraction of sp³-hybridized carbons (Fsp3) is 0.320. The summed E-state index contributed by atoms with van der Waals surface area (Å²) in [6.45, 7) is 8.01. The molecule has 1 heterocycles. The number of carbonyl (C=O) groups is 2. The van der Waals surface area contributed by atoms with Crippen molar-refractivity contribution in [1.82, 2.24) is 4.98 Å². The number of benzene rings is 2. The van der Waals surface area contributed by atoms with Crippen molar-refractivity contribution in [3.8, 4) is 11.3 Å². The number of thioether (sulfide) groups is 1. The van der Waals surface area contributed by atoms with E-state index in [1.807, 2.05) is 38.1 Å². The topological polar surface area (TPSA) is 71.1 Å². The smallest absolute Gasteiger partial charge is 0.239 e. The first-order chi connectivity index (χ1) is 15.4. The average molecular weight is 468 g/mol. The predicted octanol–water partition coefficient (Wildman–Crippen LogP) is 6.67. The number of amides is 2. The highest BCUT2D eigenvalue weighted by Crippen LogP contribution is 2.31. The summed E-state index contributed by atoms with van der Waals surface area (Å²) in [5, 5.41) is 6.18. The molecule has 2 aromatic carbocycles. The molecule has 168 valence electrons. The van der Waals surface area contributed by atoms with E-state index in [0.29, 0.717) is 11.6 Å². The number of thiazole rings is 1. The van der Waals surface area contributed by atoms with Crippen LogP contribution in [0.1, 0.15) is 43.6 Å². The van der Waals surface area contributed by atoms with Crippen molar-refractivity contribution >= 4 is 45.7 Å². The number of hydrogen-bond donors (Lipinski definition) is 2. The molecule has 0 aliphatic rings. The minimum Gasteiger partial charge on any atom is -0.326 e. The van der Waals surface area contributed by atoms with Crippen LogP contribution in [0, 0.1) is 13.8 Å². The van der Waals surface area contributed by atoms with E-state index in [9.17, 15) is 9.59 Å². The molecule has 0 spiro atoms. The van der Waals surface area contributed by atoms with Crippen molar-refractivity contribution in [3.05, 3.63) is 59.0 Å². The molecule has 2 amide bonds. The van der Waals surface area contributed by atoms with Crippen LogP contribution in [-0.4, -0.2) is 22.0 Å². The van der Waals surface area contributed by atoms with Gasteiger partial charge in [-0.25, -0.2) is 4.98 Å². The second kappa shape index (κ2) is 11.3. The highest BCUT2D eigenvalue weighted by Gasteiger charge is 2.18. The zero-order valence-corrected chi connectivity index (χ0v) is 20.5. The van der Waals surface area contributed by atoms with Gasteiger partial charge in [-0.05, 0) is 51.5 Å². The maximum absolute atomic E-state index is 12.7. The molecule has 2 N–H and O–H groups in total. The molecule has 0 fully saturated rings. The fourth-order valence-corrected chi connectivity index (χ4v) is 4.78. The molecular weight excluding hydrogens is 438 g/mol. The number of nitrogens with one attached hydrogen (secondary N) is 2. The SMILES string of the molecule is CCCCC(=O)Nc1ccc(SC(C)C(=O)Nc2nc(-c3ccc(C)cc3)c(C)s2)cc1. The van der Waals surface area contributed by atoms with E-state index in [1.54, 1.807) is 0 Å². The number of anilines is 2. The summed E-state index contributed by atoms with van der Waals surface area (Å²) in [7, 11) is 0. The Hall–Kier alpha value is -2.64. The van der Waals surface area contributed by atoms with E-state index in [1.165, 1.54) is 28.7 Å². The molecule has 1 atom stereocenters. The maximum Gasteiger partial charge on any atom is 0.239 e. The Morgan fingerprint density at radius 1 is 1.03 bits per heavy atom. The lowest BCUT2D eigenvalue weighted by atomic mass is 10.1. The molecule has 0 aliphatic carbocycles.